The van der Waals surface area contributed by atoms with Crippen LogP contribution in [0.4, 0.5) is 4.79 Å². The van der Waals surface area contributed by atoms with Gasteiger partial charge in [-0.15, -0.1) is 0 Å². The zero-order chi connectivity index (χ0) is 15.5. The molecule has 2 aromatic carbocycles. The standard InChI is InChI=1S/C17H17NO4/c19-16(20)13-5-7-14(9-13)18-17(21)22-15-8-6-11-3-1-2-4-12(11)10-15/h1-4,6,8,10,13-14H,5,7,9H2,(H,18,21)(H,19,20). The fraction of sp³-hybridized carbons (Fsp3) is 0.294. The summed E-state index contributed by atoms with van der Waals surface area (Å²) in [5.41, 5.74) is 0. The first kappa shape index (κ1) is 14.4. The minimum atomic E-state index is -0.799. The number of carbonyl (C=O) groups excluding carboxylic acids is 1. The molecule has 0 radical (unpaired) electrons. The SMILES string of the molecule is O=C(NC1CCC(C(=O)O)C1)Oc1ccc2ccccc2c1. The van der Waals surface area contributed by atoms with Gasteiger partial charge in [0, 0.05) is 6.04 Å². The van der Waals surface area contributed by atoms with Crippen LogP contribution in [0.15, 0.2) is 42.5 Å². The van der Waals surface area contributed by atoms with Crippen LogP contribution in [0.25, 0.3) is 10.8 Å². The molecular weight excluding hydrogens is 282 g/mol. The molecule has 0 heterocycles. The highest BCUT2D eigenvalue weighted by Crippen LogP contribution is 2.26. The smallest absolute Gasteiger partial charge is 0.412 e. The van der Waals surface area contributed by atoms with E-state index < -0.39 is 12.1 Å². The van der Waals surface area contributed by atoms with E-state index in [4.69, 9.17) is 9.84 Å². The third-order valence-corrected chi connectivity index (χ3v) is 4.04. The van der Waals surface area contributed by atoms with Crippen molar-refractivity contribution in [1.29, 1.82) is 0 Å². The van der Waals surface area contributed by atoms with Gasteiger partial charge < -0.3 is 15.2 Å². The number of carbonyl (C=O) groups is 2. The Labute approximate surface area is 127 Å². The predicted octanol–water partition coefficient (Wildman–Crippen LogP) is 3.18. The number of rotatable bonds is 3. The molecule has 5 heteroatoms. The lowest BCUT2D eigenvalue weighted by Crippen LogP contribution is -2.35. The summed E-state index contributed by atoms with van der Waals surface area (Å²) in [5.74, 6) is -0.692. The second-order valence-electron chi connectivity index (χ2n) is 5.59. The molecule has 1 aliphatic rings. The van der Waals surface area contributed by atoms with Crippen LogP contribution in [-0.4, -0.2) is 23.2 Å². The Morgan fingerprint density at radius 3 is 2.59 bits per heavy atom. The first-order valence-corrected chi connectivity index (χ1v) is 7.32. The average Bonchev–Trinajstić information content (AvgIpc) is 2.95. The van der Waals surface area contributed by atoms with Gasteiger partial charge in [-0.25, -0.2) is 4.79 Å². The maximum Gasteiger partial charge on any atom is 0.412 e. The summed E-state index contributed by atoms with van der Waals surface area (Å²) in [6.07, 6.45) is 1.19. The molecule has 22 heavy (non-hydrogen) atoms. The van der Waals surface area contributed by atoms with Gasteiger partial charge in [-0.2, -0.15) is 0 Å². The quantitative estimate of drug-likeness (QED) is 0.912. The first-order valence-electron chi connectivity index (χ1n) is 7.32. The van der Waals surface area contributed by atoms with Gasteiger partial charge in [0.1, 0.15) is 5.75 Å². The first-order chi connectivity index (χ1) is 10.6. The van der Waals surface area contributed by atoms with Gasteiger partial charge in [0.15, 0.2) is 0 Å². The number of nitrogens with one attached hydrogen (secondary N) is 1. The molecule has 0 aromatic heterocycles. The Morgan fingerprint density at radius 2 is 1.86 bits per heavy atom. The number of amides is 1. The summed E-state index contributed by atoms with van der Waals surface area (Å²) in [6, 6.07) is 13.1. The molecule has 0 spiro atoms. The third kappa shape index (κ3) is 3.19. The fourth-order valence-electron chi connectivity index (χ4n) is 2.87. The zero-order valence-electron chi connectivity index (χ0n) is 12.0. The third-order valence-electron chi connectivity index (χ3n) is 4.04. The minimum Gasteiger partial charge on any atom is -0.481 e. The number of hydrogen-bond acceptors (Lipinski definition) is 3. The zero-order valence-corrected chi connectivity index (χ0v) is 12.0. The minimum absolute atomic E-state index is 0.131. The van der Waals surface area contributed by atoms with Gasteiger partial charge in [-0.05, 0) is 42.2 Å². The number of hydrogen-bond donors (Lipinski definition) is 2. The molecule has 2 N–H and O–H groups in total. The number of aliphatic carboxylic acids is 1. The van der Waals surface area contributed by atoms with E-state index in [1.165, 1.54) is 0 Å². The van der Waals surface area contributed by atoms with E-state index in [0.29, 0.717) is 25.0 Å². The monoisotopic (exact) mass is 299 g/mol. The van der Waals surface area contributed by atoms with E-state index in [-0.39, 0.29) is 12.0 Å². The van der Waals surface area contributed by atoms with Gasteiger partial charge in [0.05, 0.1) is 5.92 Å². The van der Waals surface area contributed by atoms with Crippen molar-refractivity contribution < 1.29 is 19.4 Å². The van der Waals surface area contributed by atoms with Gasteiger partial charge in [0.2, 0.25) is 0 Å². The molecule has 2 atom stereocenters. The van der Waals surface area contributed by atoms with Crippen molar-refractivity contribution >= 4 is 22.8 Å². The summed E-state index contributed by atoms with van der Waals surface area (Å²) in [4.78, 5) is 22.8. The van der Waals surface area contributed by atoms with E-state index in [2.05, 4.69) is 5.32 Å². The maximum absolute atomic E-state index is 11.9. The lowest BCUT2D eigenvalue weighted by Gasteiger charge is -2.12. The molecule has 0 saturated heterocycles. The number of ether oxygens (including phenoxy) is 1. The van der Waals surface area contributed by atoms with Crippen LogP contribution in [0, 0.1) is 5.92 Å². The van der Waals surface area contributed by atoms with Crippen molar-refractivity contribution in [2.75, 3.05) is 0 Å². The van der Waals surface area contributed by atoms with Crippen molar-refractivity contribution in [2.45, 2.75) is 25.3 Å². The summed E-state index contributed by atoms with van der Waals surface area (Å²) in [5, 5.41) is 13.8. The van der Waals surface area contributed by atoms with Crippen LogP contribution >= 0.6 is 0 Å². The molecule has 1 fully saturated rings. The second kappa shape index (κ2) is 6.05. The Hall–Kier alpha value is -2.56. The van der Waals surface area contributed by atoms with Crippen LogP contribution in [0.3, 0.4) is 0 Å². The molecule has 1 amide bonds. The van der Waals surface area contributed by atoms with Crippen LogP contribution in [-0.2, 0) is 4.79 Å². The van der Waals surface area contributed by atoms with Crippen molar-refractivity contribution in [1.82, 2.24) is 5.32 Å². The van der Waals surface area contributed by atoms with Crippen LogP contribution in [0.1, 0.15) is 19.3 Å². The number of carboxylic acids is 1. The van der Waals surface area contributed by atoms with E-state index in [1.54, 1.807) is 6.07 Å². The van der Waals surface area contributed by atoms with E-state index in [0.717, 1.165) is 10.8 Å². The van der Waals surface area contributed by atoms with Crippen LogP contribution in [0.2, 0.25) is 0 Å². The molecule has 0 aliphatic heterocycles. The van der Waals surface area contributed by atoms with Crippen molar-refractivity contribution in [3.05, 3.63) is 42.5 Å². The van der Waals surface area contributed by atoms with E-state index in [9.17, 15) is 9.59 Å². The maximum atomic E-state index is 11.9. The highest BCUT2D eigenvalue weighted by Gasteiger charge is 2.30. The van der Waals surface area contributed by atoms with Crippen molar-refractivity contribution in [2.24, 2.45) is 5.92 Å². The Bertz CT molecular complexity index is 713. The molecular formula is C17H17NO4. The Morgan fingerprint density at radius 1 is 1.09 bits per heavy atom. The highest BCUT2D eigenvalue weighted by molar-refractivity contribution is 5.84. The second-order valence-corrected chi connectivity index (χ2v) is 5.59. The molecule has 5 nitrogen and oxygen atoms in total. The average molecular weight is 299 g/mol. The van der Waals surface area contributed by atoms with Crippen LogP contribution in [0.5, 0.6) is 5.75 Å². The Kier molecular flexibility index (Phi) is 3.96. The summed E-state index contributed by atoms with van der Waals surface area (Å²) < 4.78 is 5.28. The summed E-state index contributed by atoms with van der Waals surface area (Å²) in [7, 11) is 0. The number of fused-ring (bicyclic) bond motifs is 1. The van der Waals surface area contributed by atoms with Gasteiger partial charge in [-0.3, -0.25) is 4.79 Å². The molecule has 2 aromatic rings. The predicted molar refractivity (Wildman–Crippen MR) is 81.9 cm³/mol. The lowest BCUT2D eigenvalue weighted by atomic mass is 10.1. The molecule has 1 aliphatic carbocycles. The Balaban J connectivity index is 1.60. The molecule has 114 valence electrons. The summed E-state index contributed by atoms with van der Waals surface area (Å²) >= 11 is 0. The topological polar surface area (TPSA) is 75.6 Å². The normalized spacial score (nSPS) is 20.7. The summed E-state index contributed by atoms with van der Waals surface area (Å²) in [6.45, 7) is 0. The van der Waals surface area contributed by atoms with E-state index >= 15 is 0 Å². The van der Waals surface area contributed by atoms with Crippen LogP contribution < -0.4 is 10.1 Å². The molecule has 1 saturated carbocycles. The molecule has 0 bridgehead atoms. The lowest BCUT2D eigenvalue weighted by molar-refractivity contribution is -0.141. The fourth-order valence-corrected chi connectivity index (χ4v) is 2.87. The van der Waals surface area contributed by atoms with Gasteiger partial charge >= 0.3 is 12.1 Å². The number of benzene rings is 2. The molecule has 2 unspecified atom stereocenters. The van der Waals surface area contributed by atoms with Gasteiger partial charge in [0.25, 0.3) is 0 Å². The highest BCUT2D eigenvalue weighted by atomic mass is 16.6. The number of carboxylic acid groups (broad SMARTS) is 1. The largest absolute Gasteiger partial charge is 0.481 e. The van der Waals surface area contributed by atoms with E-state index in [1.807, 2.05) is 36.4 Å². The van der Waals surface area contributed by atoms with Gasteiger partial charge in [-0.1, -0.05) is 30.3 Å². The van der Waals surface area contributed by atoms with Crippen molar-refractivity contribution in [3.8, 4) is 5.75 Å². The molecule has 3 rings (SSSR count). The van der Waals surface area contributed by atoms with Crippen molar-refractivity contribution in [3.63, 3.8) is 0 Å².